The van der Waals surface area contributed by atoms with E-state index in [0.29, 0.717) is 17.2 Å². The largest absolute Gasteiger partial charge is 0.457 e. The second kappa shape index (κ2) is 12.0. The van der Waals surface area contributed by atoms with E-state index in [1.165, 1.54) is 34.7 Å². The van der Waals surface area contributed by atoms with Gasteiger partial charge in [0.2, 0.25) is 11.7 Å². The van der Waals surface area contributed by atoms with Gasteiger partial charge in [0.1, 0.15) is 17.3 Å². The Kier molecular flexibility index (Phi) is 8.70. The number of amides is 1. The van der Waals surface area contributed by atoms with Crippen molar-refractivity contribution in [2.45, 2.75) is 45.1 Å². The SMILES string of the molecule is CC(C)(C)c1ccc(Oc2ccc(N3C[C@@H](C(=O)O[C@H](CCCl)C(=O)c4ccc(F)cc4)CC3=O)cc2)cc1. The zero-order valence-electron chi connectivity index (χ0n) is 22.2. The van der Waals surface area contributed by atoms with Crippen molar-refractivity contribution in [1.29, 1.82) is 0 Å². The molecule has 3 aromatic rings. The minimum atomic E-state index is -1.11. The van der Waals surface area contributed by atoms with Gasteiger partial charge in [-0.25, -0.2) is 4.39 Å². The molecule has 2 atom stereocenters. The van der Waals surface area contributed by atoms with Crippen molar-refractivity contribution in [2.75, 3.05) is 17.3 Å². The van der Waals surface area contributed by atoms with E-state index in [-0.39, 0.29) is 42.2 Å². The van der Waals surface area contributed by atoms with Crippen LogP contribution in [-0.4, -0.2) is 36.2 Å². The van der Waals surface area contributed by atoms with Crippen LogP contribution >= 0.6 is 11.6 Å². The third-order valence-corrected chi connectivity index (χ3v) is 6.83. The van der Waals surface area contributed by atoms with E-state index in [9.17, 15) is 18.8 Å². The highest BCUT2D eigenvalue weighted by atomic mass is 35.5. The number of nitrogens with zero attached hydrogens (tertiary/aromatic N) is 1. The fourth-order valence-corrected chi connectivity index (χ4v) is 4.55. The molecule has 39 heavy (non-hydrogen) atoms. The fourth-order valence-electron chi connectivity index (χ4n) is 4.35. The summed E-state index contributed by atoms with van der Waals surface area (Å²) in [6.45, 7) is 6.58. The second-order valence-electron chi connectivity index (χ2n) is 10.6. The van der Waals surface area contributed by atoms with Gasteiger partial charge in [-0.15, -0.1) is 11.6 Å². The van der Waals surface area contributed by atoms with Crippen LogP contribution in [0.1, 0.15) is 49.5 Å². The molecule has 0 aromatic heterocycles. The molecule has 4 rings (SSSR count). The van der Waals surface area contributed by atoms with Gasteiger partial charge in [0.15, 0.2) is 6.10 Å². The topological polar surface area (TPSA) is 72.9 Å². The number of esters is 1. The summed E-state index contributed by atoms with van der Waals surface area (Å²) in [6.07, 6.45) is -1.04. The number of ether oxygens (including phenoxy) is 2. The number of carbonyl (C=O) groups excluding carboxylic acids is 3. The summed E-state index contributed by atoms with van der Waals surface area (Å²) >= 11 is 5.84. The van der Waals surface area contributed by atoms with E-state index >= 15 is 0 Å². The summed E-state index contributed by atoms with van der Waals surface area (Å²) in [5.41, 5.74) is 2.11. The molecule has 0 radical (unpaired) electrons. The molecule has 1 fully saturated rings. The number of halogens is 2. The van der Waals surface area contributed by atoms with Crippen molar-refractivity contribution in [2.24, 2.45) is 5.92 Å². The number of rotatable bonds is 9. The molecule has 0 spiro atoms. The molecule has 1 heterocycles. The van der Waals surface area contributed by atoms with Crippen LogP contribution in [-0.2, 0) is 19.7 Å². The molecule has 1 saturated heterocycles. The lowest BCUT2D eigenvalue weighted by Gasteiger charge is -2.20. The van der Waals surface area contributed by atoms with Crippen LogP contribution in [0.25, 0.3) is 0 Å². The van der Waals surface area contributed by atoms with Crippen LogP contribution in [0.3, 0.4) is 0 Å². The number of anilines is 1. The molecule has 0 unspecified atom stereocenters. The Labute approximate surface area is 232 Å². The summed E-state index contributed by atoms with van der Waals surface area (Å²) in [6, 6.07) is 20.0. The number of ketones is 1. The first-order valence-electron chi connectivity index (χ1n) is 12.8. The fraction of sp³-hybridized carbons (Fsp3) is 0.323. The quantitative estimate of drug-likeness (QED) is 0.168. The number of carbonyl (C=O) groups is 3. The maximum Gasteiger partial charge on any atom is 0.312 e. The van der Waals surface area contributed by atoms with E-state index in [2.05, 4.69) is 20.8 Å². The van der Waals surface area contributed by atoms with Gasteiger partial charge in [-0.1, -0.05) is 32.9 Å². The molecule has 204 valence electrons. The lowest BCUT2D eigenvalue weighted by Crippen LogP contribution is -2.32. The Morgan fingerprint density at radius 2 is 1.56 bits per heavy atom. The van der Waals surface area contributed by atoms with Gasteiger partial charge in [-0.3, -0.25) is 14.4 Å². The summed E-state index contributed by atoms with van der Waals surface area (Å²) in [4.78, 5) is 40.0. The molecule has 1 aliphatic heterocycles. The Bertz CT molecular complexity index is 1320. The standard InChI is InChI=1S/C31H31ClFNO5/c1-31(2,3)22-6-12-25(13-7-22)38-26-14-10-24(11-15-26)34-19-21(18-28(34)35)30(37)39-27(16-17-32)29(36)20-4-8-23(33)9-5-20/h4-15,21,27H,16-19H2,1-3H3/t21-,27+/m0/s1. The van der Waals surface area contributed by atoms with Crippen LogP contribution in [0, 0.1) is 11.7 Å². The van der Waals surface area contributed by atoms with E-state index in [0.717, 1.165) is 0 Å². The molecular formula is C31H31ClFNO5. The van der Waals surface area contributed by atoms with Crippen LogP contribution < -0.4 is 9.64 Å². The molecule has 6 nitrogen and oxygen atoms in total. The lowest BCUT2D eigenvalue weighted by atomic mass is 9.87. The predicted molar refractivity (Wildman–Crippen MR) is 148 cm³/mol. The van der Waals surface area contributed by atoms with Gasteiger partial charge in [0.05, 0.1) is 5.92 Å². The molecule has 0 saturated carbocycles. The molecule has 3 aromatic carbocycles. The summed E-state index contributed by atoms with van der Waals surface area (Å²) in [5, 5.41) is 0. The van der Waals surface area contributed by atoms with Crippen molar-refractivity contribution >= 4 is 34.9 Å². The number of benzene rings is 3. The van der Waals surface area contributed by atoms with Crippen LogP contribution in [0.15, 0.2) is 72.8 Å². The minimum absolute atomic E-state index is 0.0322. The van der Waals surface area contributed by atoms with Gasteiger partial charge in [0.25, 0.3) is 0 Å². The number of Topliss-reactive ketones (excluding diaryl/α,β-unsaturated/α-hetero) is 1. The average Bonchev–Trinajstić information content (AvgIpc) is 3.30. The average molecular weight is 552 g/mol. The third-order valence-electron chi connectivity index (χ3n) is 6.61. The number of hydrogen-bond donors (Lipinski definition) is 0. The van der Waals surface area contributed by atoms with Gasteiger partial charge in [-0.05, 0) is 71.6 Å². The number of hydrogen-bond acceptors (Lipinski definition) is 5. The second-order valence-corrected chi connectivity index (χ2v) is 10.9. The van der Waals surface area contributed by atoms with E-state index in [1.54, 1.807) is 24.3 Å². The van der Waals surface area contributed by atoms with Gasteiger partial charge in [-0.2, -0.15) is 0 Å². The smallest absolute Gasteiger partial charge is 0.312 e. The Morgan fingerprint density at radius 1 is 0.974 bits per heavy atom. The maximum absolute atomic E-state index is 13.2. The molecule has 0 aliphatic carbocycles. The van der Waals surface area contributed by atoms with Crippen molar-refractivity contribution in [3.8, 4) is 11.5 Å². The van der Waals surface area contributed by atoms with Crippen molar-refractivity contribution in [3.05, 3.63) is 89.7 Å². The highest BCUT2D eigenvalue weighted by Crippen LogP contribution is 2.31. The first-order valence-corrected chi connectivity index (χ1v) is 13.3. The minimum Gasteiger partial charge on any atom is -0.457 e. The highest BCUT2D eigenvalue weighted by Gasteiger charge is 2.38. The van der Waals surface area contributed by atoms with Crippen molar-refractivity contribution < 1.29 is 28.2 Å². The molecule has 1 amide bonds. The summed E-state index contributed by atoms with van der Waals surface area (Å²) in [7, 11) is 0. The van der Waals surface area contributed by atoms with Gasteiger partial charge < -0.3 is 14.4 Å². The van der Waals surface area contributed by atoms with Gasteiger partial charge >= 0.3 is 5.97 Å². The van der Waals surface area contributed by atoms with Crippen LogP contribution in [0.5, 0.6) is 11.5 Å². The van der Waals surface area contributed by atoms with E-state index < -0.39 is 29.6 Å². The van der Waals surface area contributed by atoms with E-state index in [4.69, 9.17) is 21.1 Å². The predicted octanol–water partition coefficient (Wildman–Crippen LogP) is 6.69. The van der Waals surface area contributed by atoms with Crippen LogP contribution in [0.4, 0.5) is 10.1 Å². The third kappa shape index (κ3) is 7.03. The van der Waals surface area contributed by atoms with E-state index in [1.807, 2.05) is 24.3 Å². The zero-order chi connectivity index (χ0) is 28.2. The maximum atomic E-state index is 13.2. The van der Waals surface area contributed by atoms with Gasteiger partial charge in [0, 0.05) is 36.5 Å². The Balaban J connectivity index is 1.37. The Hall–Kier alpha value is -3.71. The number of alkyl halides is 1. The molecule has 0 bridgehead atoms. The first-order chi connectivity index (χ1) is 18.5. The highest BCUT2D eigenvalue weighted by molar-refractivity contribution is 6.18. The summed E-state index contributed by atoms with van der Waals surface area (Å²) in [5.74, 6) is -1.11. The first kappa shape index (κ1) is 28.3. The van der Waals surface area contributed by atoms with Crippen molar-refractivity contribution in [1.82, 2.24) is 0 Å². The zero-order valence-corrected chi connectivity index (χ0v) is 22.9. The molecule has 8 heteroatoms. The van der Waals surface area contributed by atoms with Crippen LogP contribution in [0.2, 0.25) is 0 Å². The lowest BCUT2D eigenvalue weighted by molar-refractivity contribution is -0.151. The normalized spacial score (nSPS) is 16.2. The van der Waals surface area contributed by atoms with Crippen molar-refractivity contribution in [3.63, 3.8) is 0 Å². The Morgan fingerprint density at radius 3 is 2.13 bits per heavy atom. The molecular weight excluding hydrogens is 521 g/mol. The molecule has 0 N–H and O–H groups in total. The monoisotopic (exact) mass is 551 g/mol. The summed E-state index contributed by atoms with van der Waals surface area (Å²) < 4.78 is 24.7. The molecule has 1 aliphatic rings.